The van der Waals surface area contributed by atoms with Crippen molar-refractivity contribution in [2.24, 2.45) is 34.5 Å². The number of hydroxylamine groups is 1. The van der Waals surface area contributed by atoms with E-state index in [1.54, 1.807) is 12.1 Å². The van der Waals surface area contributed by atoms with Crippen molar-refractivity contribution >= 4 is 11.4 Å². The van der Waals surface area contributed by atoms with Gasteiger partial charge in [0, 0.05) is 12.1 Å². The first kappa shape index (κ1) is 20.7. The molecule has 1 unspecified atom stereocenters. The molecule has 0 N–H and O–H groups in total. The Morgan fingerprint density at radius 2 is 1.84 bits per heavy atom. The molecule has 1 aliphatic heterocycles. The minimum Gasteiger partial charge on any atom is -0.265 e. The average molecular weight is 437 g/mol. The predicted octanol–water partition coefficient (Wildman–Crippen LogP) is 6.68. The van der Waals surface area contributed by atoms with Crippen LogP contribution in [-0.2, 0) is 4.84 Å². The van der Waals surface area contributed by atoms with Crippen LogP contribution >= 0.6 is 0 Å². The van der Waals surface area contributed by atoms with Gasteiger partial charge in [0.25, 0.3) is 5.69 Å². The number of non-ortho nitro benzene ring substituents is 1. The number of nitro groups is 1. The molecular formula is C27H36N2O3. The van der Waals surface area contributed by atoms with E-state index in [1.807, 2.05) is 17.2 Å². The lowest BCUT2D eigenvalue weighted by atomic mass is 9.45. The summed E-state index contributed by atoms with van der Waals surface area (Å²) in [7, 11) is 0. The van der Waals surface area contributed by atoms with E-state index in [0.29, 0.717) is 5.41 Å². The SMILES string of the molecule is C[C@]12CCCCC1CC[C@@H]1[C@@H]2CC[C@]2(C)C3=CCN(c4ccc([N+](=O)[O-])cc4)O[C@H]3C[C@@H]12. The molecule has 32 heavy (non-hydrogen) atoms. The molecule has 1 heterocycles. The van der Waals surface area contributed by atoms with Crippen LogP contribution in [0.4, 0.5) is 11.4 Å². The maximum atomic E-state index is 11.0. The second-order valence-electron chi connectivity index (χ2n) is 11.7. The highest BCUT2D eigenvalue weighted by Gasteiger charge is 2.61. The van der Waals surface area contributed by atoms with Gasteiger partial charge in [-0.25, -0.2) is 5.06 Å². The van der Waals surface area contributed by atoms with Gasteiger partial charge in [-0.05, 0) is 97.2 Å². The normalized spacial score (nSPS) is 42.9. The van der Waals surface area contributed by atoms with Gasteiger partial charge in [-0.15, -0.1) is 0 Å². The van der Waals surface area contributed by atoms with Crippen molar-refractivity contribution in [3.05, 3.63) is 46.0 Å². The summed E-state index contributed by atoms with van der Waals surface area (Å²) in [5.41, 5.74) is 3.41. The van der Waals surface area contributed by atoms with E-state index in [4.69, 9.17) is 4.84 Å². The van der Waals surface area contributed by atoms with Crippen LogP contribution in [0.15, 0.2) is 35.9 Å². The number of rotatable bonds is 2. The molecule has 0 spiro atoms. The summed E-state index contributed by atoms with van der Waals surface area (Å²) < 4.78 is 0. The summed E-state index contributed by atoms with van der Waals surface area (Å²) in [4.78, 5) is 17.2. The Balaban J connectivity index is 1.24. The van der Waals surface area contributed by atoms with Gasteiger partial charge in [0.05, 0.1) is 17.2 Å². The first-order valence-electron chi connectivity index (χ1n) is 12.8. The monoisotopic (exact) mass is 436 g/mol. The fraction of sp³-hybridized carbons (Fsp3) is 0.704. The zero-order valence-corrected chi connectivity index (χ0v) is 19.5. The largest absolute Gasteiger partial charge is 0.269 e. The van der Waals surface area contributed by atoms with Crippen LogP contribution in [0.5, 0.6) is 0 Å². The van der Waals surface area contributed by atoms with Gasteiger partial charge in [-0.1, -0.05) is 32.8 Å². The van der Waals surface area contributed by atoms with Gasteiger partial charge in [-0.2, -0.15) is 0 Å². The molecule has 4 aliphatic carbocycles. The lowest BCUT2D eigenvalue weighted by molar-refractivity contribution is -0.384. The van der Waals surface area contributed by atoms with Crippen LogP contribution in [-0.4, -0.2) is 17.6 Å². The minimum atomic E-state index is -0.348. The molecule has 0 bridgehead atoms. The van der Waals surface area contributed by atoms with Crippen molar-refractivity contribution in [1.29, 1.82) is 0 Å². The van der Waals surface area contributed by atoms with Crippen molar-refractivity contribution < 1.29 is 9.76 Å². The average Bonchev–Trinajstić information content (AvgIpc) is 3.10. The number of hydrogen-bond donors (Lipinski definition) is 0. The van der Waals surface area contributed by atoms with Crippen molar-refractivity contribution in [2.75, 3.05) is 11.6 Å². The molecule has 5 heteroatoms. The standard InChI is InChI=1S/C27H36N2O3/c1-26-14-4-3-5-18(26)6-11-21-22(26)12-15-27(2)23-13-16-28(32-25(23)17-24(21)27)19-7-9-20(10-8-19)29(30)31/h7-10,13,18,21-22,24-25H,3-6,11-12,14-17H2,1-2H3/t18?,21-,22+,24+,25+,26+,27-/m1/s1. The highest BCUT2D eigenvalue weighted by molar-refractivity contribution is 5.50. The van der Waals surface area contributed by atoms with Crippen molar-refractivity contribution in [3.63, 3.8) is 0 Å². The topological polar surface area (TPSA) is 55.6 Å². The molecule has 0 aromatic heterocycles. The summed E-state index contributed by atoms with van der Waals surface area (Å²) in [6.07, 6.45) is 15.0. The fourth-order valence-corrected chi connectivity index (χ4v) is 8.88. The van der Waals surface area contributed by atoms with Crippen LogP contribution < -0.4 is 5.06 Å². The van der Waals surface area contributed by atoms with Crippen LogP contribution in [0.25, 0.3) is 0 Å². The molecule has 6 rings (SSSR count). The van der Waals surface area contributed by atoms with Gasteiger partial charge >= 0.3 is 0 Å². The third kappa shape index (κ3) is 2.92. The first-order valence-corrected chi connectivity index (χ1v) is 12.8. The second kappa shape index (κ2) is 7.31. The zero-order chi connectivity index (χ0) is 22.1. The summed E-state index contributed by atoms with van der Waals surface area (Å²) in [6, 6.07) is 6.76. The Hall–Kier alpha value is -1.88. The predicted molar refractivity (Wildman–Crippen MR) is 125 cm³/mol. The molecule has 0 amide bonds. The number of hydrogen-bond acceptors (Lipinski definition) is 4. The molecule has 4 saturated carbocycles. The van der Waals surface area contributed by atoms with Crippen LogP contribution in [0, 0.1) is 44.6 Å². The highest BCUT2D eigenvalue weighted by atomic mass is 16.7. The van der Waals surface area contributed by atoms with Crippen LogP contribution in [0.2, 0.25) is 0 Å². The summed E-state index contributed by atoms with van der Waals surface area (Å²) >= 11 is 0. The molecule has 4 fully saturated rings. The number of benzene rings is 1. The molecule has 7 atom stereocenters. The Morgan fingerprint density at radius 1 is 1.03 bits per heavy atom. The quantitative estimate of drug-likeness (QED) is 0.295. The molecule has 1 aromatic rings. The Bertz CT molecular complexity index is 943. The van der Waals surface area contributed by atoms with E-state index < -0.39 is 0 Å². The smallest absolute Gasteiger partial charge is 0.265 e. The van der Waals surface area contributed by atoms with Gasteiger partial charge < -0.3 is 0 Å². The molecule has 172 valence electrons. The highest BCUT2D eigenvalue weighted by Crippen LogP contribution is 2.67. The van der Waals surface area contributed by atoms with Crippen LogP contribution in [0.1, 0.15) is 71.6 Å². The maximum absolute atomic E-state index is 11.0. The van der Waals surface area contributed by atoms with E-state index in [-0.39, 0.29) is 22.1 Å². The van der Waals surface area contributed by atoms with Crippen molar-refractivity contribution in [2.45, 2.75) is 77.7 Å². The Labute approximate surface area is 191 Å². The van der Waals surface area contributed by atoms with Crippen molar-refractivity contribution in [1.82, 2.24) is 0 Å². The number of nitrogens with zero attached hydrogens (tertiary/aromatic N) is 2. The third-order valence-electron chi connectivity index (χ3n) is 10.5. The van der Waals surface area contributed by atoms with Gasteiger partial charge in [-0.3, -0.25) is 15.0 Å². The minimum absolute atomic E-state index is 0.124. The molecule has 0 radical (unpaired) electrons. The maximum Gasteiger partial charge on any atom is 0.269 e. The number of fused-ring (bicyclic) bond motifs is 7. The third-order valence-corrected chi connectivity index (χ3v) is 10.5. The first-order chi connectivity index (χ1) is 15.4. The van der Waals surface area contributed by atoms with Crippen molar-refractivity contribution in [3.8, 4) is 0 Å². The Morgan fingerprint density at radius 3 is 2.62 bits per heavy atom. The summed E-state index contributed by atoms with van der Waals surface area (Å²) in [6.45, 7) is 5.89. The molecule has 0 saturated heterocycles. The van der Waals surface area contributed by atoms with Gasteiger partial charge in [0.1, 0.15) is 6.10 Å². The fourth-order valence-electron chi connectivity index (χ4n) is 8.88. The number of nitro benzene ring substituents is 1. The molecule has 5 aliphatic rings. The van der Waals surface area contributed by atoms with E-state index in [1.165, 1.54) is 56.9 Å². The zero-order valence-electron chi connectivity index (χ0n) is 19.5. The van der Waals surface area contributed by atoms with Crippen LogP contribution in [0.3, 0.4) is 0 Å². The molecule has 1 aromatic carbocycles. The summed E-state index contributed by atoms with van der Waals surface area (Å²) in [5.74, 6) is 3.43. The van der Waals surface area contributed by atoms with E-state index in [0.717, 1.165) is 42.3 Å². The van der Waals surface area contributed by atoms with E-state index >= 15 is 0 Å². The molecule has 5 nitrogen and oxygen atoms in total. The lowest BCUT2D eigenvalue weighted by Crippen LogP contribution is -2.52. The lowest BCUT2D eigenvalue weighted by Gasteiger charge is -2.60. The molecular weight excluding hydrogens is 400 g/mol. The van der Waals surface area contributed by atoms with Gasteiger partial charge in [0.2, 0.25) is 0 Å². The van der Waals surface area contributed by atoms with Gasteiger partial charge in [0.15, 0.2) is 0 Å². The Kier molecular flexibility index (Phi) is 4.73. The van der Waals surface area contributed by atoms with E-state index in [9.17, 15) is 10.1 Å². The summed E-state index contributed by atoms with van der Waals surface area (Å²) in [5, 5.41) is 12.9. The number of anilines is 1. The van der Waals surface area contributed by atoms with E-state index in [2.05, 4.69) is 19.9 Å². The second-order valence-corrected chi connectivity index (χ2v) is 11.7.